The molecule has 4 N–H and O–H groups in total. The molecule has 0 unspecified atom stereocenters. The standard InChI is InChI=1S/C20H19NO6/c1-21-8-12-14(23)7-11-6-10-5-9-3-2-4-13(22)15(9)17(24)16(10)19(26)20(11,27)18(12)25/h2-4,10-11,22,24-25,27H,1,5-8H2/t10-,11-,20+/m0/s1. The van der Waals surface area contributed by atoms with Gasteiger partial charge in [0.15, 0.2) is 11.4 Å². The minimum absolute atomic E-state index is 0.0189. The first-order valence-electron chi connectivity index (χ1n) is 8.70. The lowest BCUT2D eigenvalue weighted by Crippen LogP contribution is -2.57. The van der Waals surface area contributed by atoms with Crippen LogP contribution in [0.1, 0.15) is 24.0 Å². The first kappa shape index (κ1) is 17.5. The molecule has 0 radical (unpaired) electrons. The van der Waals surface area contributed by atoms with E-state index in [0.29, 0.717) is 12.0 Å². The van der Waals surface area contributed by atoms with Gasteiger partial charge < -0.3 is 20.4 Å². The molecule has 0 bridgehead atoms. The SMILES string of the molecule is C=NCC1=C(O)[C@@]2(O)C(=O)C3=C(O)c4c(O)cccc4C[C@H]3C[C@H]2CC1=O. The van der Waals surface area contributed by atoms with E-state index in [1.807, 2.05) is 0 Å². The number of aliphatic imine (C=N–C) groups is 1. The van der Waals surface area contributed by atoms with Crippen molar-refractivity contribution in [3.63, 3.8) is 0 Å². The molecule has 0 spiro atoms. The molecule has 1 aromatic rings. The summed E-state index contributed by atoms with van der Waals surface area (Å²) >= 11 is 0. The summed E-state index contributed by atoms with van der Waals surface area (Å²) in [4.78, 5) is 29.1. The number of carbonyl (C=O) groups excluding carboxylic acids is 2. The van der Waals surface area contributed by atoms with Gasteiger partial charge in [-0.1, -0.05) is 12.1 Å². The molecule has 3 aliphatic carbocycles. The van der Waals surface area contributed by atoms with Crippen LogP contribution in [0.4, 0.5) is 0 Å². The number of aliphatic hydroxyl groups is 3. The van der Waals surface area contributed by atoms with E-state index in [-0.39, 0.29) is 53.4 Å². The fourth-order valence-electron chi connectivity index (χ4n) is 4.64. The minimum atomic E-state index is -2.28. The highest BCUT2D eigenvalue weighted by molar-refractivity contribution is 6.13. The first-order valence-corrected chi connectivity index (χ1v) is 8.70. The fourth-order valence-corrected chi connectivity index (χ4v) is 4.64. The maximum Gasteiger partial charge on any atom is 0.202 e. The molecule has 140 valence electrons. The van der Waals surface area contributed by atoms with Crippen molar-refractivity contribution in [2.75, 3.05) is 6.54 Å². The average Bonchev–Trinajstić information content (AvgIpc) is 2.62. The van der Waals surface area contributed by atoms with Gasteiger partial charge in [-0.3, -0.25) is 14.6 Å². The number of aliphatic hydroxyl groups excluding tert-OH is 2. The maximum absolute atomic E-state index is 13.2. The highest BCUT2D eigenvalue weighted by atomic mass is 16.3. The monoisotopic (exact) mass is 369 g/mol. The van der Waals surface area contributed by atoms with Crippen molar-refractivity contribution in [3.8, 4) is 5.75 Å². The lowest BCUT2D eigenvalue weighted by atomic mass is 9.59. The van der Waals surface area contributed by atoms with Crippen LogP contribution < -0.4 is 0 Å². The molecule has 27 heavy (non-hydrogen) atoms. The zero-order chi connectivity index (χ0) is 19.5. The van der Waals surface area contributed by atoms with Gasteiger partial charge in [-0.15, -0.1) is 0 Å². The lowest BCUT2D eigenvalue weighted by Gasteiger charge is -2.46. The van der Waals surface area contributed by atoms with Gasteiger partial charge in [0, 0.05) is 17.9 Å². The highest BCUT2D eigenvalue weighted by Gasteiger charge is 2.59. The van der Waals surface area contributed by atoms with E-state index in [9.17, 15) is 30.0 Å². The van der Waals surface area contributed by atoms with Crippen molar-refractivity contribution in [2.24, 2.45) is 16.8 Å². The van der Waals surface area contributed by atoms with Gasteiger partial charge in [0.2, 0.25) is 5.78 Å². The van der Waals surface area contributed by atoms with Crippen LogP contribution in [0.5, 0.6) is 5.75 Å². The Morgan fingerprint density at radius 1 is 1.19 bits per heavy atom. The third-order valence-electron chi connectivity index (χ3n) is 5.93. The van der Waals surface area contributed by atoms with Crippen molar-refractivity contribution in [1.29, 1.82) is 0 Å². The van der Waals surface area contributed by atoms with E-state index < -0.39 is 29.0 Å². The molecule has 0 aliphatic heterocycles. The summed E-state index contributed by atoms with van der Waals surface area (Å²) in [6, 6.07) is 4.82. The molecule has 1 fully saturated rings. The largest absolute Gasteiger partial charge is 0.508 e. The van der Waals surface area contributed by atoms with Crippen molar-refractivity contribution in [3.05, 3.63) is 46.2 Å². The van der Waals surface area contributed by atoms with E-state index in [1.54, 1.807) is 12.1 Å². The molecule has 3 aliphatic rings. The Kier molecular flexibility index (Phi) is 3.75. The van der Waals surface area contributed by atoms with Crippen LogP contribution >= 0.6 is 0 Å². The summed E-state index contributed by atoms with van der Waals surface area (Å²) in [6.45, 7) is 3.09. The highest BCUT2D eigenvalue weighted by Crippen LogP contribution is 2.51. The summed E-state index contributed by atoms with van der Waals surface area (Å²) in [7, 11) is 0. The Morgan fingerprint density at radius 3 is 2.63 bits per heavy atom. The third kappa shape index (κ3) is 2.21. The summed E-state index contributed by atoms with van der Waals surface area (Å²) in [5.41, 5.74) is -1.57. The molecular weight excluding hydrogens is 350 g/mol. The van der Waals surface area contributed by atoms with Gasteiger partial charge in [-0.2, -0.15) is 0 Å². The molecule has 0 heterocycles. The Bertz CT molecular complexity index is 959. The Hall–Kier alpha value is -2.93. The second-order valence-corrected chi connectivity index (χ2v) is 7.34. The second kappa shape index (κ2) is 5.79. The number of benzene rings is 1. The number of Topliss-reactive ketones (excluding diaryl/α,β-unsaturated/α-hetero) is 2. The lowest BCUT2D eigenvalue weighted by molar-refractivity contribution is -0.147. The van der Waals surface area contributed by atoms with Crippen LogP contribution in [0, 0.1) is 11.8 Å². The molecule has 1 aromatic carbocycles. The maximum atomic E-state index is 13.2. The summed E-state index contributed by atoms with van der Waals surface area (Å²) < 4.78 is 0. The third-order valence-corrected chi connectivity index (χ3v) is 5.93. The number of aromatic hydroxyl groups is 1. The minimum Gasteiger partial charge on any atom is -0.508 e. The number of hydrogen-bond donors (Lipinski definition) is 4. The topological polar surface area (TPSA) is 127 Å². The van der Waals surface area contributed by atoms with E-state index in [1.165, 1.54) is 6.07 Å². The summed E-state index contributed by atoms with van der Waals surface area (Å²) in [6.07, 6.45) is 0.553. The quantitative estimate of drug-likeness (QED) is 0.587. The number of carbonyl (C=O) groups is 2. The van der Waals surface area contributed by atoms with Crippen molar-refractivity contribution in [2.45, 2.75) is 24.9 Å². The van der Waals surface area contributed by atoms with Gasteiger partial charge >= 0.3 is 0 Å². The number of hydrogen-bond acceptors (Lipinski definition) is 7. The number of fused-ring (bicyclic) bond motifs is 3. The predicted octanol–water partition coefficient (Wildman–Crippen LogP) is 1.64. The normalized spacial score (nSPS) is 30.0. The second-order valence-electron chi connectivity index (χ2n) is 7.34. The van der Waals surface area contributed by atoms with Gasteiger partial charge in [0.25, 0.3) is 0 Å². The fraction of sp³-hybridized carbons (Fsp3) is 0.350. The molecule has 1 saturated carbocycles. The number of phenols is 1. The molecule has 7 heteroatoms. The molecular formula is C20H19NO6. The van der Waals surface area contributed by atoms with Gasteiger partial charge in [0.1, 0.15) is 17.3 Å². The molecule has 3 atom stereocenters. The Balaban J connectivity index is 1.91. The smallest absolute Gasteiger partial charge is 0.202 e. The molecule has 0 aromatic heterocycles. The Labute approximate surface area is 155 Å². The van der Waals surface area contributed by atoms with Crippen molar-refractivity contribution in [1.82, 2.24) is 0 Å². The molecule has 7 nitrogen and oxygen atoms in total. The van der Waals surface area contributed by atoms with Crippen LogP contribution in [0.25, 0.3) is 5.76 Å². The van der Waals surface area contributed by atoms with Crippen LogP contribution in [0.2, 0.25) is 0 Å². The Morgan fingerprint density at radius 2 is 1.93 bits per heavy atom. The number of phenolic OH excluding ortho intramolecular Hbond substituents is 1. The van der Waals surface area contributed by atoms with E-state index in [4.69, 9.17) is 0 Å². The van der Waals surface area contributed by atoms with Crippen LogP contribution in [0.3, 0.4) is 0 Å². The van der Waals surface area contributed by atoms with Crippen LogP contribution in [0.15, 0.2) is 40.1 Å². The zero-order valence-corrected chi connectivity index (χ0v) is 14.5. The number of nitrogens with zero attached hydrogens (tertiary/aromatic N) is 1. The molecule has 0 amide bonds. The van der Waals surface area contributed by atoms with Crippen LogP contribution in [-0.4, -0.2) is 50.9 Å². The van der Waals surface area contributed by atoms with Gasteiger partial charge in [0.05, 0.1) is 17.7 Å². The summed E-state index contributed by atoms with van der Waals surface area (Å²) in [5.74, 6) is -3.64. The summed E-state index contributed by atoms with van der Waals surface area (Å²) in [5, 5.41) is 42.5. The van der Waals surface area contributed by atoms with Crippen LogP contribution in [-0.2, 0) is 16.0 Å². The first-order chi connectivity index (χ1) is 12.8. The van der Waals surface area contributed by atoms with Crippen molar-refractivity contribution >= 4 is 24.0 Å². The number of ketones is 2. The number of rotatable bonds is 2. The van der Waals surface area contributed by atoms with Crippen molar-refractivity contribution < 1.29 is 30.0 Å². The van der Waals surface area contributed by atoms with E-state index >= 15 is 0 Å². The molecule has 4 rings (SSSR count). The zero-order valence-electron chi connectivity index (χ0n) is 14.5. The average molecular weight is 369 g/mol. The van der Waals surface area contributed by atoms with Gasteiger partial charge in [-0.05, 0) is 37.1 Å². The molecule has 0 saturated heterocycles. The van der Waals surface area contributed by atoms with Gasteiger partial charge in [-0.25, -0.2) is 0 Å². The van der Waals surface area contributed by atoms with E-state index in [0.717, 1.165) is 0 Å². The predicted molar refractivity (Wildman–Crippen MR) is 96.6 cm³/mol. The van der Waals surface area contributed by atoms with E-state index in [2.05, 4.69) is 11.7 Å².